The van der Waals surface area contributed by atoms with Crippen LogP contribution in [0.5, 0.6) is 0 Å². The van der Waals surface area contributed by atoms with Crippen molar-refractivity contribution in [3.05, 3.63) is 42.0 Å². The molecule has 0 amide bonds. The molecule has 0 fully saturated rings. The van der Waals surface area contributed by atoms with E-state index in [4.69, 9.17) is 0 Å². The molecule has 0 saturated carbocycles. The fraction of sp³-hybridized carbons (Fsp3) is 0.500. The van der Waals surface area contributed by atoms with Gasteiger partial charge in [-0.25, -0.2) is 0 Å². The Bertz CT molecular complexity index is 295. The smallest absolute Gasteiger partial charge is 0.0228 e. The molecule has 16 heavy (non-hydrogen) atoms. The van der Waals surface area contributed by atoms with Crippen LogP contribution in [0.4, 0.5) is 0 Å². The van der Waals surface area contributed by atoms with Crippen LogP contribution in [0.2, 0.25) is 0 Å². The van der Waals surface area contributed by atoms with E-state index in [1.54, 1.807) is 0 Å². The molecule has 1 aromatic rings. The summed E-state index contributed by atoms with van der Waals surface area (Å²) >= 11 is 0. The molecule has 0 aromatic heterocycles. The lowest BCUT2D eigenvalue weighted by atomic mass is 9.98. The monoisotopic (exact) mass is 216 g/mol. The zero-order chi connectivity index (χ0) is 11.6. The van der Waals surface area contributed by atoms with Crippen molar-refractivity contribution in [2.24, 2.45) is 0 Å². The van der Waals surface area contributed by atoms with Crippen molar-refractivity contribution in [3.8, 4) is 0 Å². The highest BCUT2D eigenvalue weighted by Crippen LogP contribution is 2.21. The van der Waals surface area contributed by atoms with Crippen LogP contribution in [0.1, 0.15) is 57.9 Å². The first-order valence-electron chi connectivity index (χ1n) is 6.63. The lowest BCUT2D eigenvalue weighted by Gasteiger charge is -2.07. The molecule has 0 atom stereocenters. The summed E-state index contributed by atoms with van der Waals surface area (Å²) < 4.78 is 0. The fourth-order valence-corrected chi connectivity index (χ4v) is 1.86. The molecular formula is C16H24. The summed E-state index contributed by atoms with van der Waals surface area (Å²) in [5, 5.41) is 0. The average molecular weight is 216 g/mol. The van der Waals surface area contributed by atoms with Gasteiger partial charge in [0.1, 0.15) is 0 Å². The van der Waals surface area contributed by atoms with Crippen molar-refractivity contribution < 1.29 is 0 Å². The van der Waals surface area contributed by atoms with Gasteiger partial charge in [0.2, 0.25) is 0 Å². The molecule has 0 N–H and O–H groups in total. The van der Waals surface area contributed by atoms with E-state index < -0.39 is 0 Å². The minimum Gasteiger partial charge on any atom is -0.0807 e. The number of hydrogen-bond donors (Lipinski definition) is 0. The van der Waals surface area contributed by atoms with Crippen molar-refractivity contribution in [3.63, 3.8) is 0 Å². The van der Waals surface area contributed by atoms with Crippen LogP contribution in [0.15, 0.2) is 36.4 Å². The Balaban J connectivity index is 2.67. The zero-order valence-corrected chi connectivity index (χ0v) is 10.7. The van der Waals surface area contributed by atoms with Crippen LogP contribution >= 0.6 is 0 Å². The largest absolute Gasteiger partial charge is 0.0807 e. The SMILES string of the molecule is CCCC/C=C(/CCCC)c1ccccc1. The highest BCUT2D eigenvalue weighted by Gasteiger charge is 1.99. The third-order valence-electron chi connectivity index (χ3n) is 2.89. The first-order chi connectivity index (χ1) is 7.88. The van der Waals surface area contributed by atoms with Gasteiger partial charge in [-0.1, -0.05) is 69.5 Å². The van der Waals surface area contributed by atoms with Crippen LogP contribution in [0, 0.1) is 0 Å². The van der Waals surface area contributed by atoms with Gasteiger partial charge >= 0.3 is 0 Å². The molecular weight excluding hydrogens is 192 g/mol. The molecule has 1 rings (SSSR count). The summed E-state index contributed by atoms with van der Waals surface area (Å²) in [4.78, 5) is 0. The lowest BCUT2D eigenvalue weighted by molar-refractivity contribution is 0.800. The van der Waals surface area contributed by atoms with Gasteiger partial charge in [0.15, 0.2) is 0 Å². The molecule has 0 unspecified atom stereocenters. The number of benzene rings is 1. The van der Waals surface area contributed by atoms with E-state index in [9.17, 15) is 0 Å². The fourth-order valence-electron chi connectivity index (χ4n) is 1.86. The van der Waals surface area contributed by atoms with Crippen molar-refractivity contribution in [1.82, 2.24) is 0 Å². The molecule has 0 saturated heterocycles. The van der Waals surface area contributed by atoms with Gasteiger partial charge in [-0.2, -0.15) is 0 Å². The Morgan fingerprint density at radius 1 is 1.00 bits per heavy atom. The summed E-state index contributed by atoms with van der Waals surface area (Å²) in [6.07, 6.45) is 10.1. The number of rotatable bonds is 7. The van der Waals surface area contributed by atoms with Crippen molar-refractivity contribution in [2.45, 2.75) is 52.4 Å². The normalized spacial score (nSPS) is 11.8. The maximum absolute atomic E-state index is 2.44. The molecule has 0 heteroatoms. The van der Waals surface area contributed by atoms with Crippen LogP contribution in [0.25, 0.3) is 5.57 Å². The molecule has 0 nitrogen and oxygen atoms in total. The van der Waals surface area contributed by atoms with Crippen LogP contribution in [-0.4, -0.2) is 0 Å². The molecule has 0 aliphatic heterocycles. The summed E-state index contributed by atoms with van der Waals surface area (Å²) in [5.41, 5.74) is 2.95. The zero-order valence-electron chi connectivity index (χ0n) is 10.7. The summed E-state index contributed by atoms with van der Waals surface area (Å²) in [5.74, 6) is 0. The van der Waals surface area contributed by atoms with Gasteiger partial charge in [-0.15, -0.1) is 0 Å². The molecule has 88 valence electrons. The van der Waals surface area contributed by atoms with Crippen molar-refractivity contribution in [1.29, 1.82) is 0 Å². The molecule has 0 aliphatic carbocycles. The second kappa shape index (κ2) is 8.15. The number of unbranched alkanes of at least 4 members (excludes halogenated alkanes) is 3. The molecule has 0 bridgehead atoms. The predicted octanol–water partition coefficient (Wildman–Crippen LogP) is 5.45. The number of hydrogen-bond acceptors (Lipinski definition) is 0. The number of allylic oxidation sites excluding steroid dienone is 2. The maximum atomic E-state index is 2.44. The second-order valence-electron chi connectivity index (χ2n) is 4.34. The second-order valence-corrected chi connectivity index (χ2v) is 4.34. The van der Waals surface area contributed by atoms with Crippen molar-refractivity contribution >= 4 is 5.57 Å². The van der Waals surface area contributed by atoms with E-state index in [-0.39, 0.29) is 0 Å². The van der Waals surface area contributed by atoms with Gasteiger partial charge in [0.05, 0.1) is 0 Å². The molecule has 0 heterocycles. The lowest BCUT2D eigenvalue weighted by Crippen LogP contribution is -1.85. The maximum Gasteiger partial charge on any atom is -0.0228 e. The Hall–Kier alpha value is -1.04. The van der Waals surface area contributed by atoms with Gasteiger partial charge < -0.3 is 0 Å². The Morgan fingerprint density at radius 2 is 1.69 bits per heavy atom. The highest BCUT2D eigenvalue weighted by molar-refractivity contribution is 5.65. The van der Waals surface area contributed by atoms with Crippen LogP contribution in [-0.2, 0) is 0 Å². The topological polar surface area (TPSA) is 0 Å². The summed E-state index contributed by atoms with van der Waals surface area (Å²) in [7, 11) is 0. The van der Waals surface area contributed by atoms with E-state index in [0.717, 1.165) is 0 Å². The first-order valence-corrected chi connectivity index (χ1v) is 6.63. The first kappa shape index (κ1) is 13.0. The Kier molecular flexibility index (Phi) is 6.64. The van der Waals surface area contributed by atoms with Crippen LogP contribution in [0.3, 0.4) is 0 Å². The van der Waals surface area contributed by atoms with E-state index in [1.165, 1.54) is 49.7 Å². The molecule has 1 aromatic carbocycles. The molecule has 0 radical (unpaired) electrons. The van der Waals surface area contributed by atoms with Crippen LogP contribution < -0.4 is 0 Å². The minimum absolute atomic E-state index is 1.23. The third-order valence-corrected chi connectivity index (χ3v) is 2.89. The predicted molar refractivity (Wildman–Crippen MR) is 73.5 cm³/mol. The summed E-state index contributed by atoms with van der Waals surface area (Å²) in [6, 6.07) is 10.8. The summed E-state index contributed by atoms with van der Waals surface area (Å²) in [6.45, 7) is 4.51. The highest BCUT2D eigenvalue weighted by atomic mass is 14.0. The van der Waals surface area contributed by atoms with Gasteiger partial charge in [-0.05, 0) is 30.4 Å². The van der Waals surface area contributed by atoms with Crippen molar-refractivity contribution in [2.75, 3.05) is 0 Å². The minimum atomic E-state index is 1.23. The van der Waals surface area contributed by atoms with Gasteiger partial charge in [0.25, 0.3) is 0 Å². The van der Waals surface area contributed by atoms with E-state index >= 15 is 0 Å². The Morgan fingerprint density at radius 3 is 2.31 bits per heavy atom. The van der Waals surface area contributed by atoms with Gasteiger partial charge in [-0.3, -0.25) is 0 Å². The average Bonchev–Trinajstić information content (AvgIpc) is 2.35. The Labute approximate surface area is 100 Å². The molecule has 0 spiro atoms. The van der Waals surface area contributed by atoms with E-state index in [2.05, 4.69) is 50.3 Å². The third kappa shape index (κ3) is 4.65. The van der Waals surface area contributed by atoms with E-state index in [1.807, 2.05) is 0 Å². The van der Waals surface area contributed by atoms with Gasteiger partial charge in [0, 0.05) is 0 Å². The quantitative estimate of drug-likeness (QED) is 0.532. The van der Waals surface area contributed by atoms with E-state index in [0.29, 0.717) is 0 Å². The molecule has 0 aliphatic rings. The standard InChI is InChI=1S/C16H24/c1-3-5-8-12-15(11-6-4-2)16-13-9-7-10-14-16/h7,9-10,12-14H,3-6,8,11H2,1-2H3/b15-12-.